The Hall–Kier alpha value is -3.45. The van der Waals surface area contributed by atoms with Crippen molar-refractivity contribution in [3.8, 4) is 16.9 Å². The van der Waals surface area contributed by atoms with Gasteiger partial charge in [0.25, 0.3) is 5.56 Å². The number of hydrogen-bond donors (Lipinski definition) is 2. The Kier molecular flexibility index (Phi) is 5.19. The summed E-state index contributed by atoms with van der Waals surface area (Å²) >= 11 is 0. The van der Waals surface area contributed by atoms with Gasteiger partial charge in [-0.1, -0.05) is 18.2 Å². The van der Waals surface area contributed by atoms with Gasteiger partial charge >= 0.3 is 0 Å². The molecule has 0 aliphatic carbocycles. The van der Waals surface area contributed by atoms with Crippen LogP contribution in [0.5, 0.6) is 5.75 Å². The molecule has 0 amide bonds. The predicted molar refractivity (Wildman–Crippen MR) is 128 cm³/mol. The molecule has 0 saturated carbocycles. The molecule has 0 spiro atoms. The fourth-order valence-electron chi connectivity index (χ4n) is 4.98. The van der Waals surface area contributed by atoms with Gasteiger partial charge in [-0.25, -0.2) is 4.98 Å². The van der Waals surface area contributed by atoms with E-state index in [0.717, 1.165) is 36.3 Å². The van der Waals surface area contributed by atoms with Crippen molar-refractivity contribution in [1.82, 2.24) is 25.1 Å². The summed E-state index contributed by atoms with van der Waals surface area (Å²) in [7, 11) is 0. The average Bonchev–Trinajstić information content (AvgIpc) is 3.57. The number of ether oxygens (including phenoxy) is 1. The number of hydrogen-bond acceptors (Lipinski definition) is 5. The first kappa shape index (κ1) is 20.2. The molecular weight excluding hydrogens is 414 g/mol. The Morgan fingerprint density at radius 2 is 2.00 bits per heavy atom. The highest BCUT2D eigenvalue weighted by Gasteiger charge is 2.24. The fourth-order valence-corrected chi connectivity index (χ4v) is 4.98. The molecule has 7 heteroatoms. The number of H-pyrrole nitrogens is 2. The van der Waals surface area contributed by atoms with Crippen molar-refractivity contribution in [2.75, 3.05) is 26.2 Å². The van der Waals surface area contributed by atoms with Crippen molar-refractivity contribution in [2.24, 2.45) is 0 Å². The van der Waals surface area contributed by atoms with Crippen LogP contribution in [0.2, 0.25) is 0 Å². The van der Waals surface area contributed by atoms with E-state index in [0.29, 0.717) is 23.3 Å². The predicted octanol–water partition coefficient (Wildman–Crippen LogP) is 3.67. The summed E-state index contributed by atoms with van der Waals surface area (Å²) in [5.41, 5.74) is 4.95. The van der Waals surface area contributed by atoms with Gasteiger partial charge in [-0.15, -0.1) is 0 Å². The monoisotopic (exact) mass is 441 g/mol. The molecule has 33 heavy (non-hydrogen) atoms. The van der Waals surface area contributed by atoms with E-state index in [2.05, 4.69) is 38.3 Å². The number of aromatic nitrogens is 4. The standard InChI is InChI=1S/C26H27N5O2/c32-26-22-13-18(21-14-27-28-15-21)5-6-23(22)29-25(30-26)20-12-19-4-3-17(11-24(19)33-16-20)7-10-31-8-1-2-9-31/h3-6,11,13-15,20H,1-2,7-10,12,16H2,(H,27,28)(H,29,30,32). The third-order valence-electron chi connectivity index (χ3n) is 6.90. The number of benzene rings is 2. The molecule has 2 aromatic heterocycles. The molecule has 7 nitrogen and oxygen atoms in total. The van der Waals surface area contributed by atoms with Gasteiger partial charge in [-0.2, -0.15) is 5.10 Å². The quantitative estimate of drug-likeness (QED) is 0.494. The van der Waals surface area contributed by atoms with Crippen LogP contribution in [0.15, 0.2) is 53.6 Å². The maximum Gasteiger partial charge on any atom is 0.258 e. The van der Waals surface area contributed by atoms with Crippen LogP contribution in [0.1, 0.15) is 35.7 Å². The molecule has 0 bridgehead atoms. The summed E-state index contributed by atoms with van der Waals surface area (Å²) in [5, 5.41) is 7.37. The number of likely N-dealkylation sites (tertiary alicyclic amines) is 1. The lowest BCUT2D eigenvalue weighted by atomic mass is 9.94. The smallest absolute Gasteiger partial charge is 0.258 e. The molecule has 1 saturated heterocycles. The first-order valence-electron chi connectivity index (χ1n) is 11.7. The maximum atomic E-state index is 12.9. The van der Waals surface area contributed by atoms with E-state index >= 15 is 0 Å². The van der Waals surface area contributed by atoms with Gasteiger partial charge in [0.1, 0.15) is 11.6 Å². The Morgan fingerprint density at radius 3 is 2.85 bits per heavy atom. The Morgan fingerprint density at radius 1 is 1.09 bits per heavy atom. The minimum atomic E-state index is -0.122. The fraction of sp³-hybridized carbons (Fsp3) is 0.346. The van der Waals surface area contributed by atoms with Crippen LogP contribution in [0.25, 0.3) is 22.0 Å². The van der Waals surface area contributed by atoms with E-state index in [1.807, 2.05) is 24.4 Å². The van der Waals surface area contributed by atoms with Crippen molar-refractivity contribution >= 4 is 10.9 Å². The third kappa shape index (κ3) is 4.04. The summed E-state index contributed by atoms with van der Waals surface area (Å²) in [6.07, 6.45) is 8.07. The van der Waals surface area contributed by atoms with Crippen LogP contribution < -0.4 is 10.3 Å². The highest BCUT2D eigenvalue weighted by Crippen LogP contribution is 2.32. The van der Waals surface area contributed by atoms with Crippen molar-refractivity contribution in [3.63, 3.8) is 0 Å². The average molecular weight is 442 g/mol. The third-order valence-corrected chi connectivity index (χ3v) is 6.90. The first-order valence-corrected chi connectivity index (χ1v) is 11.7. The molecule has 4 heterocycles. The molecule has 2 aliphatic rings. The lowest BCUT2D eigenvalue weighted by molar-refractivity contribution is 0.257. The Labute approximate surface area is 191 Å². The second-order valence-electron chi connectivity index (χ2n) is 9.12. The number of fused-ring (bicyclic) bond motifs is 2. The Bertz CT molecular complexity index is 1340. The van der Waals surface area contributed by atoms with Gasteiger partial charge in [-0.3, -0.25) is 9.89 Å². The number of nitrogens with one attached hydrogen (secondary N) is 2. The zero-order valence-electron chi connectivity index (χ0n) is 18.5. The van der Waals surface area contributed by atoms with E-state index in [1.165, 1.54) is 37.1 Å². The lowest BCUT2D eigenvalue weighted by Gasteiger charge is -2.25. The lowest BCUT2D eigenvalue weighted by Crippen LogP contribution is -2.24. The Balaban J connectivity index is 1.21. The second kappa shape index (κ2) is 8.48. The van der Waals surface area contributed by atoms with Crippen molar-refractivity contribution < 1.29 is 4.74 Å². The number of nitrogens with zero attached hydrogens (tertiary/aromatic N) is 3. The molecule has 2 N–H and O–H groups in total. The van der Waals surface area contributed by atoms with E-state index in [9.17, 15) is 4.79 Å². The molecule has 2 aliphatic heterocycles. The molecule has 1 atom stereocenters. The summed E-state index contributed by atoms with van der Waals surface area (Å²) in [6, 6.07) is 12.3. The maximum absolute atomic E-state index is 12.9. The van der Waals surface area contributed by atoms with Crippen molar-refractivity contribution in [2.45, 2.75) is 31.6 Å². The van der Waals surface area contributed by atoms with Gasteiger partial charge in [-0.05, 0) is 73.7 Å². The van der Waals surface area contributed by atoms with Crippen LogP contribution >= 0.6 is 0 Å². The normalized spacial score (nSPS) is 18.4. The highest BCUT2D eigenvalue weighted by atomic mass is 16.5. The summed E-state index contributed by atoms with van der Waals surface area (Å²) in [5.74, 6) is 1.68. The van der Waals surface area contributed by atoms with Gasteiger partial charge in [0.05, 0.1) is 29.6 Å². The van der Waals surface area contributed by atoms with E-state index in [-0.39, 0.29) is 11.5 Å². The van der Waals surface area contributed by atoms with Crippen LogP contribution in [0.3, 0.4) is 0 Å². The van der Waals surface area contributed by atoms with Crippen LogP contribution in [0, 0.1) is 0 Å². The van der Waals surface area contributed by atoms with E-state index < -0.39 is 0 Å². The highest BCUT2D eigenvalue weighted by molar-refractivity contribution is 5.83. The first-order chi connectivity index (χ1) is 16.2. The minimum Gasteiger partial charge on any atom is -0.493 e. The summed E-state index contributed by atoms with van der Waals surface area (Å²) < 4.78 is 6.14. The molecule has 1 fully saturated rings. The van der Waals surface area contributed by atoms with Crippen LogP contribution in [-0.2, 0) is 12.8 Å². The zero-order chi connectivity index (χ0) is 22.2. The molecule has 1 unspecified atom stereocenters. The molecule has 4 aromatic rings. The van der Waals surface area contributed by atoms with Crippen LogP contribution in [-0.4, -0.2) is 51.3 Å². The van der Waals surface area contributed by atoms with Crippen molar-refractivity contribution in [1.29, 1.82) is 0 Å². The molecule has 168 valence electrons. The number of rotatable bonds is 5. The SMILES string of the molecule is O=c1[nH]c(C2COc3cc(CCN4CCCC4)ccc3C2)nc2ccc(-c3cn[nH]c3)cc12. The number of aromatic amines is 2. The summed E-state index contributed by atoms with van der Waals surface area (Å²) in [6.45, 7) is 4.09. The van der Waals surface area contributed by atoms with Crippen molar-refractivity contribution in [3.05, 3.63) is 76.1 Å². The molecule has 6 rings (SSSR count). The molecule has 2 aromatic carbocycles. The molecular formula is C26H27N5O2. The zero-order valence-corrected chi connectivity index (χ0v) is 18.5. The topological polar surface area (TPSA) is 86.9 Å². The van der Waals surface area contributed by atoms with Gasteiger partial charge in [0.2, 0.25) is 0 Å². The van der Waals surface area contributed by atoms with Gasteiger partial charge in [0.15, 0.2) is 0 Å². The van der Waals surface area contributed by atoms with E-state index in [1.54, 1.807) is 6.20 Å². The van der Waals surface area contributed by atoms with Gasteiger partial charge in [0, 0.05) is 18.3 Å². The largest absolute Gasteiger partial charge is 0.493 e. The summed E-state index contributed by atoms with van der Waals surface area (Å²) in [4.78, 5) is 23.2. The minimum absolute atomic E-state index is 0.0265. The molecule has 0 radical (unpaired) electrons. The van der Waals surface area contributed by atoms with Gasteiger partial charge < -0.3 is 14.6 Å². The second-order valence-corrected chi connectivity index (χ2v) is 9.12. The van der Waals surface area contributed by atoms with E-state index in [4.69, 9.17) is 9.72 Å². The van der Waals surface area contributed by atoms with Crippen LogP contribution in [0.4, 0.5) is 0 Å².